The first-order valence-electron chi connectivity index (χ1n) is 7.93. The smallest absolute Gasteiger partial charge is 0.123 e. The minimum absolute atomic E-state index is 0.819. The normalized spacial score (nSPS) is 23.8. The maximum Gasteiger partial charge on any atom is 0.123 e. The van der Waals surface area contributed by atoms with Crippen LogP contribution in [0.4, 0.5) is 0 Å². The Morgan fingerprint density at radius 2 is 2.10 bits per heavy atom. The summed E-state index contributed by atoms with van der Waals surface area (Å²) in [4.78, 5) is 2.58. The molecular weight excluding hydrogens is 248 g/mol. The van der Waals surface area contributed by atoms with Crippen molar-refractivity contribution < 1.29 is 4.74 Å². The molecule has 0 radical (unpaired) electrons. The first-order valence-corrected chi connectivity index (χ1v) is 7.93. The van der Waals surface area contributed by atoms with Gasteiger partial charge < -0.3 is 10.1 Å². The van der Waals surface area contributed by atoms with Gasteiger partial charge in [-0.05, 0) is 50.8 Å². The predicted octanol–water partition coefficient (Wildman–Crippen LogP) is 2.66. The van der Waals surface area contributed by atoms with Crippen LogP contribution in [-0.4, -0.2) is 37.7 Å². The Labute approximate surface area is 122 Å². The summed E-state index contributed by atoms with van der Waals surface area (Å²) in [5, 5.41) is 3.68. The van der Waals surface area contributed by atoms with Crippen molar-refractivity contribution in [1.29, 1.82) is 0 Å². The van der Waals surface area contributed by atoms with Crippen molar-refractivity contribution in [3.8, 4) is 5.75 Å². The van der Waals surface area contributed by atoms with Crippen LogP contribution in [-0.2, 0) is 6.54 Å². The fourth-order valence-electron chi connectivity index (χ4n) is 3.16. The number of piperidine rings is 1. The van der Waals surface area contributed by atoms with E-state index in [1.165, 1.54) is 50.9 Å². The molecule has 110 valence electrons. The van der Waals surface area contributed by atoms with Gasteiger partial charge in [-0.25, -0.2) is 0 Å². The van der Waals surface area contributed by atoms with E-state index in [0.29, 0.717) is 0 Å². The number of hydrogen-bond acceptors (Lipinski definition) is 3. The van der Waals surface area contributed by atoms with Crippen LogP contribution >= 0.6 is 0 Å². The zero-order valence-corrected chi connectivity index (χ0v) is 12.5. The molecule has 1 saturated carbocycles. The molecule has 1 N–H and O–H groups in total. The number of benzene rings is 1. The van der Waals surface area contributed by atoms with Gasteiger partial charge in [-0.15, -0.1) is 0 Å². The van der Waals surface area contributed by atoms with E-state index in [4.69, 9.17) is 4.74 Å². The number of nitrogens with zero attached hydrogens (tertiary/aromatic N) is 1. The minimum atomic E-state index is 0.819. The molecule has 0 spiro atoms. The summed E-state index contributed by atoms with van der Waals surface area (Å²) in [6.45, 7) is 4.66. The van der Waals surface area contributed by atoms with E-state index in [2.05, 4.69) is 28.4 Å². The van der Waals surface area contributed by atoms with Gasteiger partial charge >= 0.3 is 0 Å². The highest BCUT2D eigenvalue weighted by Gasteiger charge is 2.25. The van der Waals surface area contributed by atoms with Gasteiger partial charge in [-0.2, -0.15) is 0 Å². The number of methoxy groups -OCH3 is 1. The molecule has 3 heteroatoms. The van der Waals surface area contributed by atoms with Crippen LogP contribution in [0.1, 0.15) is 31.2 Å². The maximum absolute atomic E-state index is 5.46. The van der Waals surface area contributed by atoms with Gasteiger partial charge in [0.2, 0.25) is 0 Å². The zero-order valence-electron chi connectivity index (χ0n) is 12.5. The Bertz CT molecular complexity index is 431. The number of nitrogens with one attached hydrogen (secondary N) is 1. The third kappa shape index (κ3) is 3.74. The molecule has 1 unspecified atom stereocenters. The molecule has 0 bridgehead atoms. The van der Waals surface area contributed by atoms with Crippen molar-refractivity contribution in [3.63, 3.8) is 0 Å². The molecule has 2 fully saturated rings. The standard InChI is InChI=1S/C17H26N2O/c1-20-17-7-3-2-6-15(17)13-19-10-4-5-14(12-19)11-18-16-8-9-16/h2-3,6-7,14,16,18H,4-5,8-13H2,1H3. The topological polar surface area (TPSA) is 24.5 Å². The fourth-order valence-corrected chi connectivity index (χ4v) is 3.16. The number of para-hydroxylation sites is 1. The molecule has 1 aromatic carbocycles. The molecule has 1 aliphatic carbocycles. The predicted molar refractivity (Wildman–Crippen MR) is 82.0 cm³/mol. The van der Waals surface area contributed by atoms with Gasteiger partial charge in [0.25, 0.3) is 0 Å². The summed E-state index contributed by atoms with van der Waals surface area (Å²) in [7, 11) is 1.76. The maximum atomic E-state index is 5.46. The molecule has 1 aliphatic heterocycles. The Morgan fingerprint density at radius 3 is 2.90 bits per heavy atom. The summed E-state index contributed by atoms with van der Waals surface area (Å²) in [6.07, 6.45) is 5.48. The van der Waals surface area contributed by atoms with Gasteiger partial charge in [0.05, 0.1) is 7.11 Å². The summed E-state index contributed by atoms with van der Waals surface area (Å²) in [5.74, 6) is 1.84. The highest BCUT2D eigenvalue weighted by atomic mass is 16.5. The molecule has 1 atom stereocenters. The van der Waals surface area contributed by atoms with Crippen molar-refractivity contribution in [2.24, 2.45) is 5.92 Å². The van der Waals surface area contributed by atoms with Crippen LogP contribution in [0.2, 0.25) is 0 Å². The summed E-state index contributed by atoms with van der Waals surface area (Å²) in [6, 6.07) is 9.23. The monoisotopic (exact) mass is 274 g/mol. The Kier molecular flexibility index (Phi) is 4.58. The van der Waals surface area contributed by atoms with Crippen LogP contribution in [0.5, 0.6) is 5.75 Å². The highest BCUT2D eigenvalue weighted by molar-refractivity contribution is 5.33. The SMILES string of the molecule is COc1ccccc1CN1CCCC(CNC2CC2)C1. The lowest BCUT2D eigenvalue weighted by atomic mass is 9.97. The second-order valence-electron chi connectivity index (χ2n) is 6.24. The minimum Gasteiger partial charge on any atom is -0.496 e. The van der Waals surface area contributed by atoms with Crippen molar-refractivity contribution in [2.75, 3.05) is 26.7 Å². The molecule has 2 aliphatic rings. The molecule has 3 rings (SSSR count). The van der Waals surface area contributed by atoms with Crippen LogP contribution in [0.3, 0.4) is 0 Å². The van der Waals surface area contributed by atoms with E-state index < -0.39 is 0 Å². The summed E-state index contributed by atoms with van der Waals surface area (Å²) < 4.78 is 5.46. The molecule has 20 heavy (non-hydrogen) atoms. The van der Waals surface area contributed by atoms with Crippen molar-refractivity contribution in [1.82, 2.24) is 10.2 Å². The van der Waals surface area contributed by atoms with Gasteiger partial charge in [0, 0.05) is 24.7 Å². The van der Waals surface area contributed by atoms with E-state index >= 15 is 0 Å². The van der Waals surface area contributed by atoms with E-state index in [1.54, 1.807) is 7.11 Å². The van der Waals surface area contributed by atoms with Crippen molar-refractivity contribution in [3.05, 3.63) is 29.8 Å². The lowest BCUT2D eigenvalue weighted by Gasteiger charge is -2.33. The average molecular weight is 274 g/mol. The number of rotatable bonds is 6. The summed E-state index contributed by atoms with van der Waals surface area (Å²) >= 11 is 0. The Balaban J connectivity index is 1.53. The molecule has 0 amide bonds. The average Bonchev–Trinajstić information content (AvgIpc) is 3.30. The fraction of sp³-hybridized carbons (Fsp3) is 0.647. The first kappa shape index (κ1) is 13.9. The Morgan fingerprint density at radius 1 is 1.25 bits per heavy atom. The van der Waals surface area contributed by atoms with E-state index in [-0.39, 0.29) is 0 Å². The van der Waals surface area contributed by atoms with Gasteiger partial charge in [0.1, 0.15) is 5.75 Å². The van der Waals surface area contributed by atoms with Gasteiger partial charge in [-0.1, -0.05) is 18.2 Å². The first-order chi connectivity index (χ1) is 9.85. The van der Waals surface area contributed by atoms with Crippen LogP contribution in [0.15, 0.2) is 24.3 Å². The lowest BCUT2D eigenvalue weighted by Crippen LogP contribution is -2.39. The second-order valence-corrected chi connectivity index (χ2v) is 6.24. The Hall–Kier alpha value is -1.06. The summed E-state index contributed by atoms with van der Waals surface area (Å²) in [5.41, 5.74) is 1.31. The van der Waals surface area contributed by atoms with E-state index in [0.717, 1.165) is 24.3 Å². The molecule has 1 heterocycles. The number of ether oxygens (including phenoxy) is 1. The van der Waals surface area contributed by atoms with Crippen LogP contribution < -0.4 is 10.1 Å². The highest BCUT2D eigenvalue weighted by Crippen LogP contribution is 2.24. The van der Waals surface area contributed by atoms with Crippen molar-refractivity contribution >= 4 is 0 Å². The molecule has 1 saturated heterocycles. The molecule has 0 aromatic heterocycles. The molecule has 3 nitrogen and oxygen atoms in total. The lowest BCUT2D eigenvalue weighted by molar-refractivity contribution is 0.163. The molecule has 1 aromatic rings. The zero-order chi connectivity index (χ0) is 13.8. The molecular formula is C17H26N2O. The van der Waals surface area contributed by atoms with Crippen LogP contribution in [0.25, 0.3) is 0 Å². The third-order valence-corrected chi connectivity index (χ3v) is 4.46. The number of hydrogen-bond donors (Lipinski definition) is 1. The van der Waals surface area contributed by atoms with E-state index in [1.807, 2.05) is 6.07 Å². The van der Waals surface area contributed by atoms with Crippen LogP contribution in [0, 0.1) is 5.92 Å². The third-order valence-electron chi connectivity index (χ3n) is 4.46. The van der Waals surface area contributed by atoms with E-state index in [9.17, 15) is 0 Å². The van der Waals surface area contributed by atoms with Crippen molar-refractivity contribution in [2.45, 2.75) is 38.3 Å². The number of likely N-dealkylation sites (tertiary alicyclic amines) is 1. The quantitative estimate of drug-likeness (QED) is 0.863. The van der Waals surface area contributed by atoms with Gasteiger partial charge in [-0.3, -0.25) is 4.90 Å². The largest absolute Gasteiger partial charge is 0.496 e. The second kappa shape index (κ2) is 6.59. The van der Waals surface area contributed by atoms with Gasteiger partial charge in [0.15, 0.2) is 0 Å².